The lowest BCUT2D eigenvalue weighted by Crippen LogP contribution is -2.48. The van der Waals surface area contributed by atoms with Gasteiger partial charge in [-0.2, -0.15) is 13.2 Å². The van der Waals surface area contributed by atoms with Gasteiger partial charge < -0.3 is 15.5 Å². The normalized spacial score (nSPS) is 18.2. The van der Waals surface area contributed by atoms with Crippen LogP contribution < -0.4 is 10.6 Å². The van der Waals surface area contributed by atoms with Gasteiger partial charge >= 0.3 is 6.18 Å². The highest BCUT2D eigenvalue weighted by molar-refractivity contribution is 5.86. The maximum absolute atomic E-state index is 12.5. The van der Waals surface area contributed by atoms with E-state index in [-0.39, 0.29) is 25.0 Å². The van der Waals surface area contributed by atoms with Crippen molar-refractivity contribution < 1.29 is 18.0 Å². The van der Waals surface area contributed by atoms with Crippen molar-refractivity contribution in [1.82, 2.24) is 25.4 Å². The summed E-state index contributed by atoms with van der Waals surface area (Å²) in [6, 6.07) is 5.52. The molecule has 1 aliphatic heterocycles. The number of aromatic nitrogens is 1. The number of rotatable bonds is 7. The second kappa shape index (κ2) is 10.3. The number of carbonyl (C=O) groups excluding carboxylic acids is 1. The molecule has 0 radical (unpaired) electrons. The summed E-state index contributed by atoms with van der Waals surface area (Å²) in [5.41, 5.74) is 0.914. The fraction of sp³-hybridized carbons (Fsp3) is 0.611. The van der Waals surface area contributed by atoms with Gasteiger partial charge in [0.1, 0.15) is 0 Å². The number of aliphatic imine (C=N–C) groups is 1. The van der Waals surface area contributed by atoms with Crippen molar-refractivity contribution in [3.63, 3.8) is 0 Å². The molecule has 1 saturated heterocycles. The zero-order valence-electron chi connectivity index (χ0n) is 16.2. The van der Waals surface area contributed by atoms with E-state index in [1.165, 1.54) is 4.90 Å². The van der Waals surface area contributed by atoms with Gasteiger partial charge in [0.15, 0.2) is 5.96 Å². The molecule has 0 bridgehead atoms. The molecule has 28 heavy (non-hydrogen) atoms. The van der Waals surface area contributed by atoms with Crippen LogP contribution in [0.15, 0.2) is 29.4 Å². The molecule has 0 spiro atoms. The second-order valence-electron chi connectivity index (χ2n) is 6.79. The van der Waals surface area contributed by atoms with Crippen LogP contribution in [0.5, 0.6) is 0 Å². The van der Waals surface area contributed by atoms with Gasteiger partial charge in [0, 0.05) is 58.1 Å². The maximum Gasteiger partial charge on any atom is 0.401 e. The van der Waals surface area contributed by atoms with Gasteiger partial charge in [-0.1, -0.05) is 6.07 Å². The van der Waals surface area contributed by atoms with Crippen LogP contribution >= 0.6 is 0 Å². The number of guanidine groups is 1. The first-order valence-electron chi connectivity index (χ1n) is 9.17. The Hall–Kier alpha value is -2.36. The van der Waals surface area contributed by atoms with Crippen LogP contribution in [0.25, 0.3) is 0 Å². The third-order valence-corrected chi connectivity index (χ3v) is 4.50. The van der Waals surface area contributed by atoms with E-state index in [9.17, 15) is 18.0 Å². The number of amides is 1. The lowest BCUT2D eigenvalue weighted by Gasteiger charge is -2.21. The summed E-state index contributed by atoms with van der Waals surface area (Å²) in [6.45, 7) is 0.355. The number of hydrogen-bond acceptors (Lipinski definition) is 4. The smallest absolute Gasteiger partial charge is 0.352 e. The first-order chi connectivity index (χ1) is 13.3. The predicted octanol–water partition coefficient (Wildman–Crippen LogP) is 0.884. The van der Waals surface area contributed by atoms with Gasteiger partial charge in [-0.25, -0.2) is 0 Å². The molecule has 10 heteroatoms. The monoisotopic (exact) mass is 400 g/mol. The molecular weight excluding hydrogens is 373 g/mol. The van der Waals surface area contributed by atoms with E-state index in [0.29, 0.717) is 31.9 Å². The predicted molar refractivity (Wildman–Crippen MR) is 101 cm³/mol. The van der Waals surface area contributed by atoms with Crippen molar-refractivity contribution in [2.45, 2.75) is 25.1 Å². The van der Waals surface area contributed by atoms with E-state index in [0.717, 1.165) is 5.69 Å². The Balaban J connectivity index is 1.70. The summed E-state index contributed by atoms with van der Waals surface area (Å²) < 4.78 is 37.4. The highest BCUT2D eigenvalue weighted by Gasteiger charge is 2.34. The number of pyridine rings is 1. The van der Waals surface area contributed by atoms with Crippen LogP contribution in [-0.4, -0.2) is 85.7 Å². The molecule has 2 heterocycles. The number of likely N-dealkylation sites (N-methyl/N-ethyl adjacent to an activating group) is 1. The van der Waals surface area contributed by atoms with Gasteiger partial charge in [-0.3, -0.25) is 19.7 Å². The fourth-order valence-electron chi connectivity index (χ4n) is 2.98. The van der Waals surface area contributed by atoms with E-state index in [2.05, 4.69) is 20.6 Å². The first-order valence-corrected chi connectivity index (χ1v) is 9.17. The Morgan fingerprint density at radius 1 is 1.43 bits per heavy atom. The zero-order chi connectivity index (χ0) is 20.6. The molecular formula is C18H27F3N6O. The Labute approximate surface area is 163 Å². The number of halogens is 3. The summed E-state index contributed by atoms with van der Waals surface area (Å²) in [7, 11) is 3.28. The summed E-state index contributed by atoms with van der Waals surface area (Å²) in [6.07, 6.45) is -1.23. The molecule has 1 atom stereocenters. The Morgan fingerprint density at radius 2 is 2.21 bits per heavy atom. The molecule has 1 aliphatic rings. The highest BCUT2D eigenvalue weighted by atomic mass is 19.4. The molecule has 2 rings (SSSR count). The number of likely N-dealkylation sites (tertiary alicyclic amines) is 1. The number of nitrogens with zero attached hydrogens (tertiary/aromatic N) is 4. The van der Waals surface area contributed by atoms with Crippen molar-refractivity contribution in [2.75, 3.05) is 46.8 Å². The molecule has 1 unspecified atom stereocenters. The van der Waals surface area contributed by atoms with Crippen molar-refractivity contribution in [3.8, 4) is 0 Å². The number of carbonyl (C=O) groups is 1. The SMILES string of the molecule is CN=C(NCC(=O)N(C)CCc1ccccn1)NC1CCN(CC(F)(F)F)C1. The Bertz CT molecular complexity index is 652. The molecule has 1 aromatic rings. The summed E-state index contributed by atoms with van der Waals surface area (Å²) in [5.74, 6) is 0.300. The minimum Gasteiger partial charge on any atom is -0.352 e. The number of hydrogen-bond donors (Lipinski definition) is 2. The average Bonchev–Trinajstić information content (AvgIpc) is 3.08. The van der Waals surface area contributed by atoms with Crippen LogP contribution in [0.4, 0.5) is 13.2 Å². The van der Waals surface area contributed by atoms with Crippen molar-refractivity contribution in [1.29, 1.82) is 0 Å². The van der Waals surface area contributed by atoms with Gasteiger partial charge in [-0.15, -0.1) is 0 Å². The molecule has 1 amide bonds. The molecule has 0 aliphatic carbocycles. The van der Waals surface area contributed by atoms with E-state index in [1.807, 2.05) is 18.2 Å². The van der Waals surface area contributed by atoms with Gasteiger partial charge in [-0.05, 0) is 18.6 Å². The topological polar surface area (TPSA) is 72.9 Å². The van der Waals surface area contributed by atoms with Crippen LogP contribution in [0.1, 0.15) is 12.1 Å². The van der Waals surface area contributed by atoms with Crippen molar-refractivity contribution >= 4 is 11.9 Å². The van der Waals surface area contributed by atoms with Gasteiger partial charge in [0.25, 0.3) is 0 Å². The maximum atomic E-state index is 12.5. The molecule has 7 nitrogen and oxygen atoms in total. The van der Waals surface area contributed by atoms with Crippen LogP contribution in [0, 0.1) is 0 Å². The quantitative estimate of drug-likeness (QED) is 0.525. The summed E-state index contributed by atoms with van der Waals surface area (Å²) in [4.78, 5) is 23.5. The van der Waals surface area contributed by atoms with E-state index in [4.69, 9.17) is 0 Å². The molecule has 1 aromatic heterocycles. The molecule has 156 valence electrons. The standard InChI is InChI=1S/C18H27F3N6O/c1-22-17(25-15-7-10-27(12-15)13-18(19,20)21)24-11-16(28)26(2)9-6-14-5-3-4-8-23-14/h3-5,8,15H,6-7,9-13H2,1-2H3,(H2,22,24,25). The minimum absolute atomic E-state index is 0.0530. The Morgan fingerprint density at radius 3 is 2.86 bits per heavy atom. The lowest BCUT2D eigenvalue weighted by molar-refractivity contribution is -0.143. The third-order valence-electron chi connectivity index (χ3n) is 4.50. The van der Waals surface area contributed by atoms with Gasteiger partial charge in [0.05, 0.1) is 13.1 Å². The molecule has 0 aromatic carbocycles. The van der Waals surface area contributed by atoms with E-state index >= 15 is 0 Å². The lowest BCUT2D eigenvalue weighted by atomic mass is 10.2. The minimum atomic E-state index is -4.19. The highest BCUT2D eigenvalue weighted by Crippen LogP contribution is 2.19. The van der Waals surface area contributed by atoms with Crippen LogP contribution in [0.2, 0.25) is 0 Å². The van der Waals surface area contributed by atoms with Gasteiger partial charge in [0.2, 0.25) is 5.91 Å². The van der Waals surface area contributed by atoms with E-state index in [1.54, 1.807) is 25.2 Å². The number of alkyl halides is 3. The summed E-state index contributed by atoms with van der Waals surface area (Å²) >= 11 is 0. The molecule has 2 N–H and O–H groups in total. The van der Waals surface area contributed by atoms with Crippen molar-refractivity contribution in [2.24, 2.45) is 4.99 Å². The van der Waals surface area contributed by atoms with Crippen molar-refractivity contribution in [3.05, 3.63) is 30.1 Å². The van der Waals surface area contributed by atoms with E-state index < -0.39 is 12.7 Å². The Kier molecular flexibility index (Phi) is 8.04. The van der Waals surface area contributed by atoms with Crippen LogP contribution in [0.3, 0.4) is 0 Å². The third kappa shape index (κ3) is 7.71. The largest absolute Gasteiger partial charge is 0.401 e. The fourth-order valence-corrected chi connectivity index (χ4v) is 2.98. The molecule has 0 saturated carbocycles. The second-order valence-corrected chi connectivity index (χ2v) is 6.79. The molecule has 1 fully saturated rings. The van der Waals surface area contributed by atoms with Crippen LogP contribution in [-0.2, 0) is 11.2 Å². The summed E-state index contributed by atoms with van der Waals surface area (Å²) in [5, 5.41) is 6.01. The average molecular weight is 400 g/mol. The number of nitrogens with one attached hydrogen (secondary N) is 2. The zero-order valence-corrected chi connectivity index (χ0v) is 16.2. The first kappa shape index (κ1) is 21.9.